The number of hydroxylamine groups is 2. The van der Waals surface area contributed by atoms with E-state index in [0.29, 0.717) is 13.1 Å². The van der Waals surface area contributed by atoms with Gasteiger partial charge in [-0.25, -0.2) is 0 Å². The number of hydrogen-bond acceptors (Lipinski definition) is 4. The largest absolute Gasteiger partial charge is 0.313 e. The van der Waals surface area contributed by atoms with Crippen LogP contribution in [0.5, 0.6) is 0 Å². The molecule has 0 bridgehead atoms. The molecule has 0 radical (unpaired) electrons. The zero-order chi connectivity index (χ0) is 15.9. The molecule has 3 aromatic rings. The summed E-state index contributed by atoms with van der Waals surface area (Å²) in [6.45, 7) is 0.950. The van der Waals surface area contributed by atoms with Gasteiger partial charge >= 0.3 is 10.1 Å². The molecular formula is C18H15NO3S. The Labute approximate surface area is 135 Å². The molecule has 23 heavy (non-hydrogen) atoms. The Morgan fingerprint density at radius 1 is 0.783 bits per heavy atom. The first-order valence-corrected chi connectivity index (χ1v) is 8.78. The third-order valence-electron chi connectivity index (χ3n) is 4.02. The van der Waals surface area contributed by atoms with Crippen molar-refractivity contribution in [2.75, 3.05) is 0 Å². The SMILES string of the molecule is O=S(=O)(ON1Cc2ccccc2C1)c1ccc2ccccc2c1. The fourth-order valence-electron chi connectivity index (χ4n) is 2.86. The van der Waals surface area contributed by atoms with E-state index in [1.807, 2.05) is 48.5 Å². The van der Waals surface area contributed by atoms with Gasteiger partial charge in [-0.3, -0.25) is 0 Å². The molecule has 0 saturated carbocycles. The summed E-state index contributed by atoms with van der Waals surface area (Å²) in [7, 11) is -3.83. The van der Waals surface area contributed by atoms with Crippen molar-refractivity contribution in [1.29, 1.82) is 0 Å². The van der Waals surface area contributed by atoms with Crippen LogP contribution in [0.2, 0.25) is 0 Å². The molecule has 4 rings (SSSR count). The standard InChI is InChI=1S/C18H15NO3S/c20-23(21,18-10-9-14-5-1-2-6-15(14)11-18)22-19-12-16-7-3-4-8-17(16)13-19/h1-11H,12-13H2. The van der Waals surface area contributed by atoms with Crippen LogP contribution in [0.15, 0.2) is 71.6 Å². The predicted octanol–water partition coefficient (Wildman–Crippen LogP) is 3.48. The summed E-state index contributed by atoms with van der Waals surface area (Å²) in [4.78, 5) is 0.173. The van der Waals surface area contributed by atoms with E-state index >= 15 is 0 Å². The van der Waals surface area contributed by atoms with Crippen LogP contribution in [-0.4, -0.2) is 13.5 Å². The van der Waals surface area contributed by atoms with Crippen LogP contribution in [0.4, 0.5) is 0 Å². The van der Waals surface area contributed by atoms with E-state index in [9.17, 15) is 8.42 Å². The van der Waals surface area contributed by atoms with Gasteiger partial charge in [0.1, 0.15) is 0 Å². The van der Waals surface area contributed by atoms with Crippen molar-refractivity contribution in [3.8, 4) is 0 Å². The molecule has 0 atom stereocenters. The quantitative estimate of drug-likeness (QED) is 0.740. The van der Waals surface area contributed by atoms with Crippen molar-refractivity contribution >= 4 is 20.9 Å². The second-order valence-corrected chi connectivity index (χ2v) is 7.13. The van der Waals surface area contributed by atoms with E-state index < -0.39 is 10.1 Å². The fraction of sp³-hybridized carbons (Fsp3) is 0.111. The molecular weight excluding hydrogens is 310 g/mol. The lowest BCUT2D eigenvalue weighted by atomic mass is 10.1. The molecule has 1 heterocycles. The summed E-state index contributed by atoms with van der Waals surface area (Å²) in [5.41, 5.74) is 2.20. The van der Waals surface area contributed by atoms with Gasteiger partial charge in [-0.2, -0.15) is 17.8 Å². The lowest BCUT2D eigenvalue weighted by molar-refractivity contribution is -0.0571. The summed E-state index contributed by atoms with van der Waals surface area (Å²) in [5.74, 6) is 0. The highest BCUT2D eigenvalue weighted by molar-refractivity contribution is 7.86. The predicted molar refractivity (Wildman–Crippen MR) is 87.9 cm³/mol. The van der Waals surface area contributed by atoms with Crippen molar-refractivity contribution in [3.63, 3.8) is 0 Å². The third-order valence-corrected chi connectivity index (χ3v) is 5.26. The van der Waals surface area contributed by atoms with E-state index in [4.69, 9.17) is 4.28 Å². The first-order valence-electron chi connectivity index (χ1n) is 7.37. The smallest absolute Gasteiger partial charge is 0.192 e. The van der Waals surface area contributed by atoms with Gasteiger partial charge in [0.05, 0.1) is 18.0 Å². The van der Waals surface area contributed by atoms with Crippen molar-refractivity contribution in [3.05, 3.63) is 77.9 Å². The monoisotopic (exact) mass is 325 g/mol. The van der Waals surface area contributed by atoms with Crippen LogP contribution in [0.25, 0.3) is 10.8 Å². The number of rotatable bonds is 3. The maximum absolute atomic E-state index is 12.5. The first-order chi connectivity index (χ1) is 11.1. The minimum absolute atomic E-state index is 0.173. The van der Waals surface area contributed by atoms with Gasteiger partial charge in [0.25, 0.3) is 0 Å². The second-order valence-electron chi connectivity index (χ2n) is 5.60. The lowest BCUT2D eigenvalue weighted by Gasteiger charge is -2.14. The Balaban J connectivity index is 1.60. The highest BCUT2D eigenvalue weighted by Gasteiger charge is 2.26. The van der Waals surface area contributed by atoms with Gasteiger partial charge in [-0.05, 0) is 34.0 Å². The molecule has 4 nitrogen and oxygen atoms in total. The van der Waals surface area contributed by atoms with Crippen molar-refractivity contribution < 1.29 is 12.7 Å². The van der Waals surface area contributed by atoms with Gasteiger partial charge in [-0.1, -0.05) is 54.6 Å². The summed E-state index contributed by atoms with van der Waals surface area (Å²) in [5, 5.41) is 3.36. The normalized spacial score (nSPS) is 15.0. The van der Waals surface area contributed by atoms with Crippen LogP contribution >= 0.6 is 0 Å². The molecule has 116 valence electrons. The molecule has 0 fully saturated rings. The number of nitrogens with zero attached hydrogens (tertiary/aromatic N) is 1. The van der Waals surface area contributed by atoms with E-state index in [0.717, 1.165) is 21.9 Å². The minimum atomic E-state index is -3.83. The second kappa shape index (κ2) is 5.45. The van der Waals surface area contributed by atoms with Crippen LogP contribution in [-0.2, 0) is 27.5 Å². The topological polar surface area (TPSA) is 46.6 Å². The minimum Gasteiger partial charge on any atom is -0.192 e. The lowest BCUT2D eigenvalue weighted by Crippen LogP contribution is -2.22. The summed E-state index contributed by atoms with van der Waals surface area (Å²) in [6.07, 6.45) is 0. The van der Waals surface area contributed by atoms with Gasteiger partial charge in [0.15, 0.2) is 0 Å². The molecule has 0 N–H and O–H groups in total. The van der Waals surface area contributed by atoms with Gasteiger partial charge in [-0.15, -0.1) is 0 Å². The van der Waals surface area contributed by atoms with Crippen molar-refractivity contribution in [2.24, 2.45) is 0 Å². The Kier molecular flexibility index (Phi) is 3.41. The fourth-order valence-corrected chi connectivity index (χ4v) is 3.83. The highest BCUT2D eigenvalue weighted by Crippen LogP contribution is 2.26. The molecule has 0 aromatic heterocycles. The van der Waals surface area contributed by atoms with Gasteiger partial charge < -0.3 is 0 Å². The van der Waals surface area contributed by atoms with Crippen LogP contribution in [0.3, 0.4) is 0 Å². The molecule has 1 aliphatic rings. The number of hydrogen-bond donors (Lipinski definition) is 0. The van der Waals surface area contributed by atoms with E-state index in [1.54, 1.807) is 18.2 Å². The first kappa shape index (κ1) is 14.4. The van der Waals surface area contributed by atoms with Gasteiger partial charge in [0.2, 0.25) is 0 Å². The average Bonchev–Trinajstić information content (AvgIpc) is 2.95. The maximum atomic E-state index is 12.5. The van der Waals surface area contributed by atoms with E-state index in [-0.39, 0.29) is 4.90 Å². The van der Waals surface area contributed by atoms with Crippen molar-refractivity contribution in [2.45, 2.75) is 18.0 Å². The van der Waals surface area contributed by atoms with E-state index in [2.05, 4.69) is 0 Å². The zero-order valence-electron chi connectivity index (χ0n) is 12.3. The zero-order valence-corrected chi connectivity index (χ0v) is 13.2. The molecule has 5 heteroatoms. The summed E-state index contributed by atoms with van der Waals surface area (Å²) >= 11 is 0. The number of benzene rings is 3. The molecule has 0 amide bonds. The Hall–Kier alpha value is -2.21. The third kappa shape index (κ3) is 2.74. The Bertz CT molecular complexity index is 957. The molecule has 1 aliphatic heterocycles. The maximum Gasteiger partial charge on any atom is 0.313 e. The molecule has 0 saturated heterocycles. The van der Waals surface area contributed by atoms with Crippen molar-refractivity contribution in [1.82, 2.24) is 5.06 Å². The summed E-state index contributed by atoms with van der Waals surface area (Å²) < 4.78 is 30.4. The Morgan fingerprint density at radius 3 is 2.09 bits per heavy atom. The molecule has 0 spiro atoms. The van der Waals surface area contributed by atoms with Gasteiger partial charge in [0, 0.05) is 0 Å². The van der Waals surface area contributed by atoms with E-state index in [1.165, 1.54) is 5.06 Å². The number of fused-ring (bicyclic) bond motifs is 2. The summed E-state index contributed by atoms with van der Waals surface area (Å²) in [6, 6.07) is 20.5. The molecule has 0 aliphatic carbocycles. The molecule has 0 unspecified atom stereocenters. The van der Waals surface area contributed by atoms with Crippen LogP contribution in [0.1, 0.15) is 11.1 Å². The highest BCUT2D eigenvalue weighted by atomic mass is 32.2. The molecule has 3 aromatic carbocycles. The van der Waals surface area contributed by atoms with Crippen LogP contribution < -0.4 is 0 Å². The average molecular weight is 325 g/mol. The Morgan fingerprint density at radius 2 is 1.39 bits per heavy atom. The van der Waals surface area contributed by atoms with Crippen LogP contribution in [0, 0.1) is 0 Å².